The predicted octanol–water partition coefficient (Wildman–Crippen LogP) is 1.52. The van der Waals surface area contributed by atoms with Crippen LogP contribution in [0, 0.1) is 0 Å². The molecule has 0 saturated heterocycles. The summed E-state index contributed by atoms with van der Waals surface area (Å²) in [5.41, 5.74) is 1.40. The van der Waals surface area contributed by atoms with Gasteiger partial charge in [0.1, 0.15) is 0 Å². The van der Waals surface area contributed by atoms with Gasteiger partial charge in [-0.05, 0) is 24.6 Å². The number of rotatable bonds is 8. The fourth-order valence-electron chi connectivity index (χ4n) is 1.53. The maximum Gasteiger partial charge on any atom is 0.319 e. The van der Waals surface area contributed by atoms with E-state index in [1.807, 2.05) is 0 Å². The van der Waals surface area contributed by atoms with Crippen LogP contribution in [-0.4, -0.2) is 44.6 Å². The first-order valence-corrected chi connectivity index (χ1v) is 6.53. The van der Waals surface area contributed by atoms with Crippen LogP contribution in [0.3, 0.4) is 0 Å². The Bertz CT molecular complexity index is 410. The van der Waals surface area contributed by atoms with Crippen molar-refractivity contribution >= 4 is 11.7 Å². The first-order chi connectivity index (χ1) is 9.63. The lowest BCUT2D eigenvalue weighted by atomic mass is 10.1. The average Bonchev–Trinajstić information content (AvgIpc) is 2.43. The van der Waals surface area contributed by atoms with E-state index in [1.165, 1.54) is 0 Å². The molecule has 6 heteroatoms. The molecule has 3 N–H and O–H groups in total. The number of anilines is 1. The summed E-state index contributed by atoms with van der Waals surface area (Å²) >= 11 is 0. The van der Waals surface area contributed by atoms with Gasteiger partial charge in [-0.25, -0.2) is 4.79 Å². The van der Waals surface area contributed by atoms with Crippen LogP contribution in [0.4, 0.5) is 10.5 Å². The third kappa shape index (κ3) is 6.51. The molecule has 0 heterocycles. The number of methoxy groups -OCH3 is 1. The SMILES string of the molecule is COCCOCCNC(=O)Nc1cccc(C(C)O)c1. The molecule has 0 aliphatic rings. The lowest BCUT2D eigenvalue weighted by Gasteiger charge is -2.10. The molecule has 0 bridgehead atoms. The molecular weight excluding hydrogens is 260 g/mol. The van der Waals surface area contributed by atoms with Crippen molar-refractivity contribution in [2.75, 3.05) is 38.8 Å². The third-order valence-electron chi connectivity index (χ3n) is 2.59. The largest absolute Gasteiger partial charge is 0.389 e. The highest BCUT2D eigenvalue weighted by molar-refractivity contribution is 5.89. The number of hydrogen-bond acceptors (Lipinski definition) is 4. The molecule has 0 aromatic heterocycles. The lowest BCUT2D eigenvalue weighted by Crippen LogP contribution is -2.31. The maximum atomic E-state index is 11.6. The molecule has 1 rings (SSSR count). The monoisotopic (exact) mass is 282 g/mol. The van der Waals surface area contributed by atoms with Gasteiger partial charge < -0.3 is 25.2 Å². The maximum absolute atomic E-state index is 11.6. The minimum Gasteiger partial charge on any atom is -0.389 e. The van der Waals surface area contributed by atoms with Crippen LogP contribution in [-0.2, 0) is 9.47 Å². The molecule has 112 valence electrons. The van der Waals surface area contributed by atoms with Crippen LogP contribution in [0.2, 0.25) is 0 Å². The van der Waals surface area contributed by atoms with E-state index in [-0.39, 0.29) is 6.03 Å². The zero-order valence-corrected chi connectivity index (χ0v) is 11.9. The Morgan fingerprint density at radius 2 is 2.15 bits per heavy atom. The number of urea groups is 1. The van der Waals surface area contributed by atoms with E-state index < -0.39 is 6.10 Å². The van der Waals surface area contributed by atoms with E-state index in [0.29, 0.717) is 32.1 Å². The number of aliphatic hydroxyl groups is 1. The molecule has 0 aliphatic heterocycles. The molecule has 20 heavy (non-hydrogen) atoms. The second-order valence-electron chi connectivity index (χ2n) is 4.29. The van der Waals surface area contributed by atoms with Crippen molar-refractivity contribution in [2.24, 2.45) is 0 Å². The molecule has 0 aliphatic carbocycles. The Kier molecular flexibility index (Phi) is 7.64. The number of amides is 2. The number of carbonyl (C=O) groups is 1. The summed E-state index contributed by atoms with van der Waals surface area (Å²) in [4.78, 5) is 11.6. The van der Waals surface area contributed by atoms with Gasteiger partial charge >= 0.3 is 6.03 Å². The summed E-state index contributed by atoms with van der Waals surface area (Å²) < 4.78 is 10.1. The Hall–Kier alpha value is -1.63. The zero-order chi connectivity index (χ0) is 14.8. The Balaban J connectivity index is 2.26. The highest BCUT2D eigenvalue weighted by atomic mass is 16.5. The van der Waals surface area contributed by atoms with Crippen LogP contribution >= 0.6 is 0 Å². The van der Waals surface area contributed by atoms with E-state index in [9.17, 15) is 9.90 Å². The van der Waals surface area contributed by atoms with Crippen LogP contribution in [0.25, 0.3) is 0 Å². The van der Waals surface area contributed by atoms with Crippen molar-refractivity contribution in [3.8, 4) is 0 Å². The van der Waals surface area contributed by atoms with Gasteiger partial charge in [0.25, 0.3) is 0 Å². The van der Waals surface area contributed by atoms with Crippen LogP contribution in [0.15, 0.2) is 24.3 Å². The van der Waals surface area contributed by atoms with Crippen molar-refractivity contribution in [2.45, 2.75) is 13.0 Å². The van der Waals surface area contributed by atoms with Crippen molar-refractivity contribution in [3.05, 3.63) is 29.8 Å². The third-order valence-corrected chi connectivity index (χ3v) is 2.59. The summed E-state index contributed by atoms with van der Waals surface area (Å²) in [5, 5.41) is 14.8. The number of benzene rings is 1. The fourth-order valence-corrected chi connectivity index (χ4v) is 1.53. The van der Waals surface area contributed by atoms with Gasteiger partial charge in [0.2, 0.25) is 0 Å². The predicted molar refractivity (Wildman–Crippen MR) is 76.8 cm³/mol. The summed E-state index contributed by atoms with van der Waals surface area (Å²) in [7, 11) is 1.61. The number of aliphatic hydroxyl groups excluding tert-OH is 1. The van der Waals surface area contributed by atoms with E-state index in [4.69, 9.17) is 9.47 Å². The van der Waals surface area contributed by atoms with Gasteiger partial charge in [-0.3, -0.25) is 0 Å². The first kappa shape index (κ1) is 16.4. The second-order valence-corrected chi connectivity index (χ2v) is 4.29. The number of nitrogens with one attached hydrogen (secondary N) is 2. The minimum absolute atomic E-state index is 0.303. The standard InChI is InChI=1S/C14H22N2O4/c1-11(17)12-4-3-5-13(10-12)16-14(18)15-6-7-20-9-8-19-2/h3-5,10-11,17H,6-9H2,1-2H3,(H2,15,16,18). The molecule has 0 spiro atoms. The molecule has 1 unspecified atom stereocenters. The summed E-state index contributed by atoms with van der Waals surface area (Å²) in [5.74, 6) is 0. The minimum atomic E-state index is -0.561. The molecule has 6 nitrogen and oxygen atoms in total. The van der Waals surface area contributed by atoms with Gasteiger partial charge in [-0.1, -0.05) is 12.1 Å². The van der Waals surface area contributed by atoms with Gasteiger partial charge in [-0.15, -0.1) is 0 Å². The lowest BCUT2D eigenvalue weighted by molar-refractivity contribution is 0.0728. The fraction of sp³-hybridized carbons (Fsp3) is 0.500. The molecule has 1 aromatic carbocycles. The molecule has 0 saturated carbocycles. The summed E-state index contributed by atoms with van der Waals surface area (Å²) in [6.45, 7) is 3.58. The molecule has 0 radical (unpaired) electrons. The van der Waals surface area contributed by atoms with Crippen molar-refractivity contribution in [1.29, 1.82) is 0 Å². The topological polar surface area (TPSA) is 79.8 Å². The highest BCUT2D eigenvalue weighted by Gasteiger charge is 2.04. The first-order valence-electron chi connectivity index (χ1n) is 6.53. The van der Waals surface area contributed by atoms with E-state index in [0.717, 1.165) is 5.56 Å². The summed E-state index contributed by atoms with van der Waals surface area (Å²) in [6, 6.07) is 6.78. The van der Waals surface area contributed by atoms with Crippen molar-refractivity contribution < 1.29 is 19.4 Å². The molecule has 1 atom stereocenters. The number of carbonyl (C=O) groups excluding carboxylic acids is 1. The van der Waals surface area contributed by atoms with Crippen LogP contribution in [0.1, 0.15) is 18.6 Å². The Labute approximate surface area is 119 Å². The normalized spacial score (nSPS) is 11.9. The Morgan fingerprint density at radius 1 is 1.35 bits per heavy atom. The quantitative estimate of drug-likeness (QED) is 0.632. The molecule has 0 fully saturated rings. The average molecular weight is 282 g/mol. The van der Waals surface area contributed by atoms with E-state index in [2.05, 4.69) is 10.6 Å². The van der Waals surface area contributed by atoms with E-state index >= 15 is 0 Å². The van der Waals surface area contributed by atoms with Gasteiger partial charge in [0.15, 0.2) is 0 Å². The van der Waals surface area contributed by atoms with Gasteiger partial charge in [0, 0.05) is 19.3 Å². The van der Waals surface area contributed by atoms with Crippen molar-refractivity contribution in [3.63, 3.8) is 0 Å². The number of hydrogen-bond donors (Lipinski definition) is 3. The van der Waals surface area contributed by atoms with Crippen molar-refractivity contribution in [1.82, 2.24) is 5.32 Å². The smallest absolute Gasteiger partial charge is 0.319 e. The van der Waals surface area contributed by atoms with Gasteiger partial charge in [-0.2, -0.15) is 0 Å². The van der Waals surface area contributed by atoms with Gasteiger partial charge in [0.05, 0.1) is 25.9 Å². The Morgan fingerprint density at radius 3 is 2.85 bits per heavy atom. The van der Waals surface area contributed by atoms with E-state index in [1.54, 1.807) is 38.3 Å². The van der Waals surface area contributed by atoms with Crippen LogP contribution in [0.5, 0.6) is 0 Å². The second kappa shape index (κ2) is 9.30. The molecule has 1 aromatic rings. The molecular formula is C14H22N2O4. The summed E-state index contributed by atoms with van der Waals surface area (Å²) in [6.07, 6.45) is -0.561. The van der Waals surface area contributed by atoms with Crippen LogP contribution < -0.4 is 10.6 Å². The number of ether oxygens (including phenoxy) is 2. The highest BCUT2D eigenvalue weighted by Crippen LogP contribution is 2.16. The molecule has 2 amide bonds. The zero-order valence-electron chi connectivity index (χ0n) is 11.9.